The minimum absolute atomic E-state index is 0.167. The van der Waals surface area contributed by atoms with E-state index in [1.807, 2.05) is 31.2 Å². The second-order valence-electron chi connectivity index (χ2n) is 7.45. The van der Waals surface area contributed by atoms with Crippen LogP contribution < -0.4 is 20.3 Å². The van der Waals surface area contributed by atoms with Crippen LogP contribution in [-0.4, -0.2) is 39.3 Å². The van der Waals surface area contributed by atoms with E-state index < -0.39 is 0 Å². The minimum atomic E-state index is -0.287. The first-order chi connectivity index (χ1) is 16.5. The van der Waals surface area contributed by atoms with Gasteiger partial charge in [0.05, 0.1) is 25.6 Å². The summed E-state index contributed by atoms with van der Waals surface area (Å²) in [6.07, 6.45) is 2.52. The Morgan fingerprint density at radius 1 is 1.09 bits per heavy atom. The molecule has 4 aromatic rings. The maximum absolute atomic E-state index is 12.9. The lowest BCUT2D eigenvalue weighted by Crippen LogP contribution is -2.21. The Kier molecular flexibility index (Phi) is 7.17. The van der Waals surface area contributed by atoms with Crippen molar-refractivity contribution >= 4 is 29.1 Å². The number of nitrogens with zero attached hydrogens (tertiary/aromatic N) is 4. The third kappa shape index (κ3) is 5.07. The number of amides is 1. The highest BCUT2D eigenvalue weighted by atomic mass is 32.2. The van der Waals surface area contributed by atoms with Gasteiger partial charge < -0.3 is 14.8 Å². The molecule has 1 amide bonds. The van der Waals surface area contributed by atoms with Crippen molar-refractivity contribution in [3.8, 4) is 11.5 Å². The van der Waals surface area contributed by atoms with Crippen LogP contribution in [0.5, 0.6) is 11.5 Å². The van der Waals surface area contributed by atoms with E-state index in [-0.39, 0.29) is 11.5 Å². The summed E-state index contributed by atoms with van der Waals surface area (Å²) in [7, 11) is 3.07. The molecule has 0 aliphatic carbocycles. The number of carbonyl (C=O) groups is 1. The number of hydrogen-bond donors (Lipinski definition) is 1. The van der Waals surface area contributed by atoms with E-state index in [1.165, 1.54) is 36.6 Å². The van der Waals surface area contributed by atoms with E-state index in [2.05, 4.69) is 15.3 Å². The number of methoxy groups -OCH3 is 2. The lowest BCUT2D eigenvalue weighted by atomic mass is 10.2. The van der Waals surface area contributed by atoms with Crippen molar-refractivity contribution in [2.45, 2.75) is 30.5 Å². The first-order valence-corrected chi connectivity index (χ1v) is 11.7. The van der Waals surface area contributed by atoms with Crippen molar-refractivity contribution in [1.82, 2.24) is 19.2 Å². The van der Waals surface area contributed by atoms with Gasteiger partial charge in [-0.2, -0.15) is 9.50 Å². The fourth-order valence-electron chi connectivity index (χ4n) is 3.45. The van der Waals surface area contributed by atoms with Gasteiger partial charge in [0.2, 0.25) is 0 Å². The van der Waals surface area contributed by atoms with E-state index >= 15 is 0 Å². The van der Waals surface area contributed by atoms with Gasteiger partial charge in [-0.25, -0.2) is 4.98 Å². The number of para-hydroxylation sites is 1. The second kappa shape index (κ2) is 10.4. The van der Waals surface area contributed by atoms with Gasteiger partial charge in [0, 0.05) is 34.9 Å². The van der Waals surface area contributed by atoms with Gasteiger partial charge in [0.15, 0.2) is 0 Å². The van der Waals surface area contributed by atoms with Crippen LogP contribution in [0.15, 0.2) is 64.5 Å². The molecule has 9 nitrogen and oxygen atoms in total. The average Bonchev–Trinajstić information content (AvgIpc) is 3.26. The fraction of sp³-hybridized carbons (Fsp3) is 0.250. The van der Waals surface area contributed by atoms with E-state index in [0.717, 1.165) is 11.3 Å². The summed E-state index contributed by atoms with van der Waals surface area (Å²) in [6.45, 7) is 2.73. The third-order valence-electron chi connectivity index (χ3n) is 5.07. The number of fused-ring (bicyclic) bond motifs is 1. The maximum atomic E-state index is 12.9. The molecule has 1 N–H and O–H groups in total. The first kappa shape index (κ1) is 23.4. The third-order valence-corrected chi connectivity index (χ3v) is 6.18. The summed E-state index contributed by atoms with van der Waals surface area (Å²) >= 11 is 1.48. The number of benzene rings is 2. The Morgan fingerprint density at radius 3 is 2.53 bits per heavy atom. The van der Waals surface area contributed by atoms with Crippen LogP contribution in [0.4, 0.5) is 5.69 Å². The van der Waals surface area contributed by atoms with Crippen LogP contribution in [0.2, 0.25) is 0 Å². The van der Waals surface area contributed by atoms with Crippen molar-refractivity contribution in [3.63, 3.8) is 0 Å². The largest absolute Gasteiger partial charge is 0.497 e. The highest BCUT2D eigenvalue weighted by molar-refractivity contribution is 7.98. The van der Waals surface area contributed by atoms with E-state index in [9.17, 15) is 9.59 Å². The van der Waals surface area contributed by atoms with Crippen molar-refractivity contribution in [3.05, 3.63) is 76.5 Å². The minimum Gasteiger partial charge on any atom is -0.497 e. The summed E-state index contributed by atoms with van der Waals surface area (Å²) < 4.78 is 13.8. The van der Waals surface area contributed by atoms with Gasteiger partial charge in [-0.1, -0.05) is 19.1 Å². The Bertz CT molecular complexity index is 1360. The van der Waals surface area contributed by atoms with Crippen LogP contribution in [-0.2, 0) is 12.3 Å². The maximum Gasteiger partial charge on any atom is 0.274 e. The SMILES string of the molecule is CCCn1cnc2nc(CSc3ccccc3NC(=O)c3cc(OC)cc(OC)c3)cc(=O)n21. The predicted molar refractivity (Wildman–Crippen MR) is 131 cm³/mol. The van der Waals surface area contributed by atoms with Crippen molar-refractivity contribution in [2.24, 2.45) is 0 Å². The number of ether oxygens (including phenoxy) is 2. The first-order valence-electron chi connectivity index (χ1n) is 10.7. The van der Waals surface area contributed by atoms with Crippen LogP contribution in [0.1, 0.15) is 29.4 Å². The molecule has 2 aromatic heterocycles. The molecule has 0 fully saturated rings. The molecule has 34 heavy (non-hydrogen) atoms. The molecule has 0 spiro atoms. The number of hydrogen-bond acceptors (Lipinski definition) is 7. The summed E-state index contributed by atoms with van der Waals surface area (Å²) in [5.74, 6) is 1.60. The van der Waals surface area contributed by atoms with Crippen LogP contribution in [0.3, 0.4) is 0 Å². The van der Waals surface area contributed by atoms with Crippen molar-refractivity contribution in [2.75, 3.05) is 19.5 Å². The Morgan fingerprint density at radius 2 is 1.82 bits per heavy atom. The zero-order valence-electron chi connectivity index (χ0n) is 19.1. The van der Waals surface area contributed by atoms with Crippen LogP contribution >= 0.6 is 11.8 Å². The molecule has 0 aliphatic rings. The fourth-order valence-corrected chi connectivity index (χ4v) is 4.35. The summed E-state index contributed by atoms with van der Waals surface area (Å²) in [6, 6.07) is 14.0. The molecule has 0 unspecified atom stereocenters. The molecule has 2 aromatic carbocycles. The molecule has 0 saturated carbocycles. The molecule has 0 radical (unpaired) electrons. The van der Waals surface area contributed by atoms with Gasteiger partial charge >= 0.3 is 0 Å². The van der Waals surface area contributed by atoms with Crippen LogP contribution in [0.25, 0.3) is 5.78 Å². The second-order valence-corrected chi connectivity index (χ2v) is 8.46. The molecule has 176 valence electrons. The standard InChI is InChI=1S/C24H25N5O4S/c1-4-9-28-15-25-24-26-17(12-22(30)29(24)28)14-34-21-8-6-5-7-20(21)27-23(31)16-10-18(32-2)13-19(11-16)33-3/h5-8,10-13,15H,4,9,14H2,1-3H3,(H,27,31). The summed E-state index contributed by atoms with van der Waals surface area (Å²) in [5, 5.41) is 2.95. The van der Waals surface area contributed by atoms with E-state index in [0.29, 0.717) is 46.5 Å². The molecule has 0 bridgehead atoms. The van der Waals surface area contributed by atoms with Crippen molar-refractivity contribution in [1.29, 1.82) is 0 Å². The van der Waals surface area contributed by atoms with Gasteiger partial charge in [0.25, 0.3) is 17.2 Å². The zero-order valence-corrected chi connectivity index (χ0v) is 20.0. The van der Waals surface area contributed by atoms with E-state index in [4.69, 9.17) is 9.47 Å². The number of aromatic nitrogens is 4. The van der Waals surface area contributed by atoms with Gasteiger partial charge in [-0.3, -0.25) is 14.3 Å². The molecule has 0 atom stereocenters. The zero-order chi connectivity index (χ0) is 24.1. The highest BCUT2D eigenvalue weighted by Gasteiger charge is 2.14. The number of thioether (sulfide) groups is 1. The molecular weight excluding hydrogens is 454 g/mol. The average molecular weight is 480 g/mol. The van der Waals surface area contributed by atoms with E-state index in [1.54, 1.807) is 29.2 Å². The topological polar surface area (TPSA) is 99.8 Å². The monoisotopic (exact) mass is 479 g/mol. The smallest absolute Gasteiger partial charge is 0.274 e. The van der Waals surface area contributed by atoms with Crippen molar-refractivity contribution < 1.29 is 14.3 Å². The van der Waals surface area contributed by atoms with Crippen LogP contribution in [0, 0.1) is 0 Å². The summed E-state index contributed by atoms with van der Waals surface area (Å²) in [4.78, 5) is 35.2. The Labute approximate surface area is 200 Å². The summed E-state index contributed by atoms with van der Waals surface area (Å²) in [5.41, 5.74) is 1.53. The Balaban J connectivity index is 1.52. The highest BCUT2D eigenvalue weighted by Crippen LogP contribution is 2.30. The molecule has 0 aliphatic heterocycles. The van der Waals surface area contributed by atoms with Gasteiger partial charge in [-0.05, 0) is 30.7 Å². The predicted octanol–water partition coefficient (Wildman–Crippen LogP) is 3.86. The molecule has 10 heteroatoms. The quantitative estimate of drug-likeness (QED) is 0.364. The lowest BCUT2D eigenvalue weighted by Gasteiger charge is -2.12. The van der Waals surface area contributed by atoms with Gasteiger partial charge in [0.1, 0.15) is 17.8 Å². The number of nitrogens with one attached hydrogen (secondary N) is 1. The number of aryl methyl sites for hydroxylation is 1. The number of anilines is 1. The Hall–Kier alpha value is -3.79. The number of rotatable bonds is 9. The molecule has 2 heterocycles. The molecular formula is C24H25N5O4S. The molecule has 0 saturated heterocycles. The number of carbonyl (C=O) groups excluding carboxylic acids is 1. The normalized spacial score (nSPS) is 10.9. The molecule has 4 rings (SSSR count). The lowest BCUT2D eigenvalue weighted by molar-refractivity contribution is 0.102. The van der Waals surface area contributed by atoms with Gasteiger partial charge in [-0.15, -0.1) is 11.8 Å².